The van der Waals surface area contributed by atoms with Crippen molar-refractivity contribution in [3.05, 3.63) is 59.4 Å². The Balaban J connectivity index is 1.84. The van der Waals surface area contributed by atoms with E-state index >= 15 is 0 Å². The average Bonchev–Trinajstić information content (AvgIpc) is 2.52. The van der Waals surface area contributed by atoms with Gasteiger partial charge in [-0.1, -0.05) is 35.9 Å². The molecule has 2 heterocycles. The van der Waals surface area contributed by atoms with Gasteiger partial charge in [-0.25, -0.2) is 9.97 Å². The number of fused-ring (bicyclic) bond motifs is 1. The zero-order chi connectivity index (χ0) is 14.7. The molecule has 0 spiro atoms. The highest BCUT2D eigenvalue weighted by molar-refractivity contribution is 6.29. The van der Waals surface area contributed by atoms with Crippen molar-refractivity contribution in [1.82, 2.24) is 9.97 Å². The number of pyridine rings is 2. The number of ether oxygens (including phenoxy) is 1. The highest BCUT2D eigenvalue weighted by atomic mass is 35.5. The lowest BCUT2D eigenvalue weighted by Crippen LogP contribution is -2.03. The van der Waals surface area contributed by atoms with Gasteiger partial charge in [-0.05, 0) is 24.3 Å². The molecule has 3 rings (SSSR count). The summed E-state index contributed by atoms with van der Waals surface area (Å²) in [5.41, 5.74) is 1.77. The number of para-hydroxylation sites is 1. The van der Waals surface area contributed by atoms with Gasteiger partial charge in [0.2, 0.25) is 0 Å². The third-order valence-electron chi connectivity index (χ3n) is 3.13. The van der Waals surface area contributed by atoms with Crippen molar-refractivity contribution in [2.45, 2.75) is 6.54 Å². The van der Waals surface area contributed by atoms with Crippen LogP contribution in [0.15, 0.2) is 48.5 Å². The number of benzene rings is 1. The summed E-state index contributed by atoms with van der Waals surface area (Å²) in [6.45, 7) is 0.571. The van der Waals surface area contributed by atoms with E-state index in [-0.39, 0.29) is 0 Å². The Bertz CT molecular complexity index is 776. The predicted octanol–water partition coefficient (Wildman–Crippen LogP) is 3.90. The van der Waals surface area contributed by atoms with Gasteiger partial charge < -0.3 is 10.1 Å². The molecular formula is C16H14ClN3O. The van der Waals surface area contributed by atoms with Crippen LogP contribution in [0.2, 0.25) is 5.15 Å². The Labute approximate surface area is 127 Å². The maximum Gasteiger partial charge on any atom is 0.145 e. The zero-order valence-electron chi connectivity index (χ0n) is 11.5. The number of nitrogens with zero attached hydrogens (tertiary/aromatic N) is 2. The molecule has 1 aromatic carbocycles. The van der Waals surface area contributed by atoms with E-state index in [1.54, 1.807) is 13.2 Å². The summed E-state index contributed by atoms with van der Waals surface area (Å²) in [7, 11) is 1.65. The molecule has 0 saturated carbocycles. The smallest absolute Gasteiger partial charge is 0.145 e. The Kier molecular flexibility index (Phi) is 3.88. The quantitative estimate of drug-likeness (QED) is 0.742. The van der Waals surface area contributed by atoms with Gasteiger partial charge in [0.15, 0.2) is 0 Å². The van der Waals surface area contributed by atoms with Crippen LogP contribution in [0.1, 0.15) is 5.69 Å². The van der Waals surface area contributed by atoms with Gasteiger partial charge in [0.05, 0.1) is 19.3 Å². The van der Waals surface area contributed by atoms with Crippen molar-refractivity contribution < 1.29 is 4.74 Å². The van der Waals surface area contributed by atoms with Gasteiger partial charge in [-0.3, -0.25) is 0 Å². The van der Waals surface area contributed by atoms with Crippen molar-refractivity contribution in [3.63, 3.8) is 0 Å². The first kappa shape index (κ1) is 13.6. The fraction of sp³-hybridized carbons (Fsp3) is 0.125. The summed E-state index contributed by atoms with van der Waals surface area (Å²) in [6.07, 6.45) is 0. The summed E-state index contributed by atoms with van der Waals surface area (Å²) in [5, 5.41) is 4.73. The van der Waals surface area contributed by atoms with Gasteiger partial charge in [0, 0.05) is 5.39 Å². The minimum atomic E-state index is 0.466. The lowest BCUT2D eigenvalue weighted by molar-refractivity contribution is 0.419. The number of hydrogen-bond donors (Lipinski definition) is 1. The van der Waals surface area contributed by atoms with E-state index in [1.807, 2.05) is 42.5 Å². The van der Waals surface area contributed by atoms with Crippen molar-refractivity contribution >= 4 is 28.3 Å². The standard InChI is InChI=1S/C16H14ClN3O/c1-21-13-5-2-4-11-8-9-12(19-16(11)13)10-18-15-7-3-6-14(17)20-15/h2-9H,10H2,1H3,(H,18,20). The minimum absolute atomic E-state index is 0.466. The maximum atomic E-state index is 5.86. The van der Waals surface area contributed by atoms with Crippen molar-refractivity contribution in [3.8, 4) is 5.75 Å². The second kappa shape index (κ2) is 5.97. The normalized spacial score (nSPS) is 10.6. The second-order valence-electron chi connectivity index (χ2n) is 4.53. The van der Waals surface area contributed by atoms with Crippen LogP contribution in [0.4, 0.5) is 5.82 Å². The largest absolute Gasteiger partial charge is 0.494 e. The Morgan fingerprint density at radius 1 is 1.05 bits per heavy atom. The third-order valence-corrected chi connectivity index (χ3v) is 3.34. The van der Waals surface area contributed by atoms with Crippen LogP contribution < -0.4 is 10.1 Å². The van der Waals surface area contributed by atoms with Gasteiger partial charge >= 0.3 is 0 Å². The van der Waals surface area contributed by atoms with Gasteiger partial charge in [0.25, 0.3) is 0 Å². The highest BCUT2D eigenvalue weighted by Gasteiger charge is 2.04. The van der Waals surface area contributed by atoms with Gasteiger partial charge in [-0.15, -0.1) is 0 Å². The van der Waals surface area contributed by atoms with Crippen LogP contribution in [0.3, 0.4) is 0 Å². The van der Waals surface area contributed by atoms with E-state index in [2.05, 4.69) is 15.3 Å². The third kappa shape index (κ3) is 3.06. The molecule has 0 bridgehead atoms. The number of rotatable bonds is 4. The zero-order valence-corrected chi connectivity index (χ0v) is 12.3. The topological polar surface area (TPSA) is 47.0 Å². The minimum Gasteiger partial charge on any atom is -0.494 e. The predicted molar refractivity (Wildman–Crippen MR) is 84.9 cm³/mol. The highest BCUT2D eigenvalue weighted by Crippen LogP contribution is 2.23. The molecule has 0 amide bonds. The summed E-state index contributed by atoms with van der Waals surface area (Å²) < 4.78 is 5.35. The summed E-state index contributed by atoms with van der Waals surface area (Å²) in [5.74, 6) is 1.50. The Morgan fingerprint density at radius 2 is 1.90 bits per heavy atom. The molecule has 4 nitrogen and oxygen atoms in total. The first-order valence-electron chi connectivity index (χ1n) is 6.55. The van der Waals surface area contributed by atoms with Gasteiger partial charge in [-0.2, -0.15) is 0 Å². The number of aromatic nitrogens is 2. The van der Waals surface area contributed by atoms with Crippen LogP contribution in [-0.4, -0.2) is 17.1 Å². The molecule has 3 aromatic rings. The second-order valence-corrected chi connectivity index (χ2v) is 4.92. The van der Waals surface area contributed by atoms with Crippen LogP contribution in [-0.2, 0) is 6.54 Å². The number of nitrogens with one attached hydrogen (secondary N) is 1. The molecule has 0 atom stereocenters. The number of hydrogen-bond acceptors (Lipinski definition) is 4. The van der Waals surface area contributed by atoms with E-state index < -0.39 is 0 Å². The monoisotopic (exact) mass is 299 g/mol. The van der Waals surface area contributed by atoms with Crippen molar-refractivity contribution in [2.24, 2.45) is 0 Å². The van der Waals surface area contributed by atoms with E-state index in [0.29, 0.717) is 11.7 Å². The molecule has 106 valence electrons. The molecule has 0 aliphatic rings. The van der Waals surface area contributed by atoms with Crippen molar-refractivity contribution in [2.75, 3.05) is 12.4 Å². The molecule has 0 saturated heterocycles. The molecule has 0 fully saturated rings. The molecule has 5 heteroatoms. The molecule has 0 aliphatic carbocycles. The molecule has 2 aromatic heterocycles. The van der Waals surface area contributed by atoms with Crippen LogP contribution in [0, 0.1) is 0 Å². The lowest BCUT2D eigenvalue weighted by atomic mass is 10.2. The summed E-state index contributed by atoms with van der Waals surface area (Å²) in [4.78, 5) is 8.82. The fourth-order valence-corrected chi connectivity index (χ4v) is 2.28. The van der Waals surface area contributed by atoms with Crippen LogP contribution in [0.5, 0.6) is 5.75 Å². The number of methoxy groups -OCH3 is 1. The Hall–Kier alpha value is -2.33. The van der Waals surface area contributed by atoms with E-state index in [1.165, 1.54) is 0 Å². The molecule has 0 aliphatic heterocycles. The van der Waals surface area contributed by atoms with E-state index in [9.17, 15) is 0 Å². The lowest BCUT2D eigenvalue weighted by Gasteiger charge is -2.08. The SMILES string of the molecule is COc1cccc2ccc(CNc3cccc(Cl)n3)nc12. The fourth-order valence-electron chi connectivity index (χ4n) is 2.11. The van der Waals surface area contributed by atoms with Crippen molar-refractivity contribution in [1.29, 1.82) is 0 Å². The number of halogens is 1. The summed E-state index contributed by atoms with van der Waals surface area (Å²) in [6, 6.07) is 15.4. The average molecular weight is 300 g/mol. The first-order valence-corrected chi connectivity index (χ1v) is 6.93. The Morgan fingerprint density at radius 3 is 2.71 bits per heavy atom. The molecule has 0 radical (unpaired) electrons. The first-order chi connectivity index (χ1) is 10.3. The maximum absolute atomic E-state index is 5.86. The van der Waals surface area contributed by atoms with Crippen LogP contribution in [0.25, 0.3) is 10.9 Å². The molecule has 1 N–H and O–H groups in total. The summed E-state index contributed by atoms with van der Waals surface area (Å²) >= 11 is 5.86. The molecule has 21 heavy (non-hydrogen) atoms. The molecule has 0 unspecified atom stereocenters. The van der Waals surface area contributed by atoms with Gasteiger partial charge in [0.1, 0.15) is 22.2 Å². The van der Waals surface area contributed by atoms with E-state index in [0.717, 1.165) is 28.2 Å². The molecular weight excluding hydrogens is 286 g/mol. The van der Waals surface area contributed by atoms with E-state index in [4.69, 9.17) is 16.3 Å². The number of anilines is 1. The van der Waals surface area contributed by atoms with Crippen LogP contribution >= 0.6 is 11.6 Å².